The summed E-state index contributed by atoms with van der Waals surface area (Å²) in [6.45, 7) is 1.47. The van der Waals surface area contributed by atoms with Crippen LogP contribution in [0.25, 0.3) is 11.3 Å². The molecule has 3 aromatic rings. The van der Waals surface area contributed by atoms with Crippen molar-refractivity contribution in [2.75, 3.05) is 22.4 Å². The summed E-state index contributed by atoms with van der Waals surface area (Å²) < 4.78 is 26.8. The number of carbonyl (C=O) groups is 2. The number of thioether (sulfide) groups is 1. The van der Waals surface area contributed by atoms with E-state index >= 15 is 0 Å². The van der Waals surface area contributed by atoms with Crippen molar-refractivity contribution in [3.05, 3.63) is 59.2 Å². The Kier molecular flexibility index (Phi) is 5.93. The third kappa shape index (κ3) is 4.21. The second-order valence-electron chi connectivity index (χ2n) is 6.97. The van der Waals surface area contributed by atoms with Gasteiger partial charge in [-0.25, -0.2) is 18.4 Å². The Labute approximate surface area is 194 Å². The van der Waals surface area contributed by atoms with Gasteiger partial charge >= 0.3 is 0 Å². The number of hydrogen-bond acceptors (Lipinski definition) is 7. The molecule has 0 fully saturated rings. The van der Waals surface area contributed by atoms with E-state index in [1.807, 2.05) is 0 Å². The van der Waals surface area contributed by atoms with Crippen LogP contribution in [0.5, 0.6) is 0 Å². The molecule has 2 heterocycles. The van der Waals surface area contributed by atoms with Crippen LogP contribution in [-0.4, -0.2) is 42.9 Å². The number of sulfonamides is 1. The van der Waals surface area contributed by atoms with Gasteiger partial charge in [0.25, 0.3) is 10.0 Å². The fourth-order valence-electron chi connectivity index (χ4n) is 3.16. The number of anilines is 2. The zero-order valence-corrected chi connectivity index (χ0v) is 19.4. The van der Waals surface area contributed by atoms with Gasteiger partial charge in [0.05, 0.1) is 23.3 Å². The molecule has 0 atom stereocenters. The Morgan fingerprint density at radius 2 is 1.88 bits per heavy atom. The number of Topliss-reactive ketones (excluding diaryl/α,β-unsaturated/α-hetero) is 1. The van der Waals surface area contributed by atoms with Crippen LogP contribution in [0.2, 0.25) is 5.02 Å². The van der Waals surface area contributed by atoms with Crippen LogP contribution in [0, 0.1) is 0 Å². The number of carbonyl (C=O) groups excluding carboxylic acids is 2. The zero-order chi connectivity index (χ0) is 23.0. The van der Waals surface area contributed by atoms with Crippen molar-refractivity contribution in [1.82, 2.24) is 9.97 Å². The first kappa shape index (κ1) is 22.3. The second-order valence-corrected chi connectivity index (χ2v) is 10.3. The van der Waals surface area contributed by atoms with Crippen LogP contribution in [0.3, 0.4) is 0 Å². The highest BCUT2D eigenvalue weighted by atomic mass is 35.5. The Hall–Kier alpha value is -2.95. The average molecular weight is 489 g/mol. The summed E-state index contributed by atoms with van der Waals surface area (Å²) in [5.41, 5.74) is 2.42. The van der Waals surface area contributed by atoms with E-state index in [1.165, 1.54) is 20.2 Å². The van der Waals surface area contributed by atoms with Gasteiger partial charge in [-0.15, -0.1) is 0 Å². The van der Waals surface area contributed by atoms with Gasteiger partial charge < -0.3 is 5.32 Å². The van der Waals surface area contributed by atoms with Gasteiger partial charge in [0.1, 0.15) is 4.90 Å². The standard InChI is InChI=1S/C21H17ClN4O4S2/c1-12(27)13-3-6-15(7-4-13)24-19(28)11-31-21-23-10-18-20(25-21)16-8-5-14(22)9-17(16)26(2)32(18,29)30/h3-10H,11H2,1-2H3,(H,24,28). The summed E-state index contributed by atoms with van der Waals surface area (Å²) in [5, 5.41) is 3.42. The molecule has 8 nitrogen and oxygen atoms in total. The molecule has 1 amide bonds. The SMILES string of the molecule is CC(=O)c1ccc(NC(=O)CSc2ncc3c(n2)-c2ccc(Cl)cc2N(C)S3(=O)=O)cc1. The second kappa shape index (κ2) is 8.53. The van der Waals surface area contributed by atoms with E-state index in [0.717, 1.165) is 16.1 Å². The molecule has 1 N–H and O–H groups in total. The van der Waals surface area contributed by atoms with E-state index in [0.29, 0.717) is 27.5 Å². The third-order valence-electron chi connectivity index (χ3n) is 4.83. The lowest BCUT2D eigenvalue weighted by Gasteiger charge is -2.28. The quantitative estimate of drug-likeness (QED) is 0.330. The number of ketones is 1. The summed E-state index contributed by atoms with van der Waals surface area (Å²) >= 11 is 7.13. The molecule has 4 rings (SSSR count). The maximum absolute atomic E-state index is 12.8. The lowest BCUT2D eigenvalue weighted by molar-refractivity contribution is -0.113. The maximum atomic E-state index is 12.8. The zero-order valence-electron chi connectivity index (χ0n) is 17.0. The van der Waals surface area contributed by atoms with Gasteiger partial charge in [0.2, 0.25) is 5.91 Å². The van der Waals surface area contributed by atoms with E-state index in [1.54, 1.807) is 42.5 Å². The molecule has 1 aliphatic rings. The van der Waals surface area contributed by atoms with Crippen molar-refractivity contribution in [3.63, 3.8) is 0 Å². The average Bonchev–Trinajstić information content (AvgIpc) is 2.76. The number of halogens is 1. The number of rotatable bonds is 5. The Balaban J connectivity index is 1.53. The molecule has 0 saturated carbocycles. The van der Waals surface area contributed by atoms with Gasteiger partial charge in [-0.1, -0.05) is 23.4 Å². The maximum Gasteiger partial charge on any atom is 0.267 e. The molecule has 2 aromatic carbocycles. The summed E-state index contributed by atoms with van der Waals surface area (Å²) in [6.07, 6.45) is 1.26. The molecule has 0 unspecified atom stereocenters. The Morgan fingerprint density at radius 3 is 2.56 bits per heavy atom. The van der Waals surface area contributed by atoms with Gasteiger partial charge in [-0.3, -0.25) is 13.9 Å². The molecule has 0 spiro atoms. The molecule has 0 radical (unpaired) electrons. The minimum atomic E-state index is -3.81. The monoisotopic (exact) mass is 488 g/mol. The number of benzene rings is 2. The summed E-state index contributed by atoms with van der Waals surface area (Å²) in [6, 6.07) is 11.5. The van der Waals surface area contributed by atoms with E-state index in [-0.39, 0.29) is 33.2 Å². The molecular weight excluding hydrogens is 472 g/mol. The van der Waals surface area contributed by atoms with Crippen LogP contribution in [0.15, 0.2) is 58.7 Å². The highest BCUT2D eigenvalue weighted by Gasteiger charge is 2.34. The molecule has 32 heavy (non-hydrogen) atoms. The number of aromatic nitrogens is 2. The molecular formula is C21H17ClN4O4S2. The Bertz CT molecular complexity index is 1340. The predicted molar refractivity (Wildman–Crippen MR) is 124 cm³/mol. The lowest BCUT2D eigenvalue weighted by Crippen LogP contribution is -2.31. The van der Waals surface area contributed by atoms with Crippen LogP contribution >= 0.6 is 23.4 Å². The molecule has 0 saturated heterocycles. The fourth-order valence-corrected chi connectivity index (χ4v) is 5.24. The van der Waals surface area contributed by atoms with Gasteiger partial charge in [-0.05, 0) is 49.4 Å². The lowest BCUT2D eigenvalue weighted by atomic mass is 10.1. The van der Waals surface area contributed by atoms with Gasteiger partial charge in [0, 0.05) is 28.9 Å². The third-order valence-corrected chi connectivity index (χ3v) is 7.70. The number of nitrogens with one attached hydrogen (secondary N) is 1. The molecule has 0 aliphatic carbocycles. The number of hydrogen-bond donors (Lipinski definition) is 1. The van der Waals surface area contributed by atoms with Gasteiger partial charge in [-0.2, -0.15) is 0 Å². The predicted octanol–water partition coefficient (Wildman–Crippen LogP) is 3.87. The van der Waals surface area contributed by atoms with Gasteiger partial charge in [0.15, 0.2) is 10.9 Å². The van der Waals surface area contributed by atoms with Crippen molar-refractivity contribution < 1.29 is 18.0 Å². The highest BCUT2D eigenvalue weighted by Crippen LogP contribution is 2.42. The van der Waals surface area contributed by atoms with E-state index in [4.69, 9.17) is 11.6 Å². The largest absolute Gasteiger partial charge is 0.325 e. The molecule has 0 bridgehead atoms. The molecule has 11 heteroatoms. The number of nitrogens with zero attached hydrogens (tertiary/aromatic N) is 3. The minimum absolute atomic E-state index is 0.00538. The van der Waals surface area contributed by atoms with Crippen LogP contribution < -0.4 is 9.62 Å². The topological polar surface area (TPSA) is 109 Å². The number of fused-ring (bicyclic) bond motifs is 3. The van der Waals surface area contributed by atoms with E-state index < -0.39 is 10.0 Å². The van der Waals surface area contributed by atoms with Crippen molar-refractivity contribution in [2.24, 2.45) is 0 Å². The summed E-state index contributed by atoms with van der Waals surface area (Å²) in [5.74, 6) is -0.320. The summed E-state index contributed by atoms with van der Waals surface area (Å²) in [4.78, 5) is 32.2. The van der Waals surface area contributed by atoms with Crippen LogP contribution in [0.1, 0.15) is 17.3 Å². The molecule has 1 aliphatic heterocycles. The molecule has 1 aromatic heterocycles. The van der Waals surface area contributed by atoms with Crippen molar-refractivity contribution in [1.29, 1.82) is 0 Å². The highest BCUT2D eigenvalue weighted by molar-refractivity contribution is 7.99. The van der Waals surface area contributed by atoms with Crippen molar-refractivity contribution >= 4 is 56.5 Å². The first-order chi connectivity index (χ1) is 15.2. The van der Waals surface area contributed by atoms with Crippen molar-refractivity contribution in [2.45, 2.75) is 17.0 Å². The minimum Gasteiger partial charge on any atom is -0.325 e. The fraction of sp³-hybridized carbons (Fsp3) is 0.143. The first-order valence-electron chi connectivity index (χ1n) is 9.36. The normalized spacial score (nSPS) is 13.8. The summed E-state index contributed by atoms with van der Waals surface area (Å²) in [7, 11) is -2.36. The molecule has 164 valence electrons. The van der Waals surface area contributed by atoms with E-state index in [9.17, 15) is 18.0 Å². The first-order valence-corrected chi connectivity index (χ1v) is 12.2. The van der Waals surface area contributed by atoms with E-state index in [2.05, 4.69) is 15.3 Å². The number of amides is 1. The Morgan fingerprint density at radius 1 is 1.16 bits per heavy atom. The van der Waals surface area contributed by atoms with Crippen LogP contribution in [0.4, 0.5) is 11.4 Å². The van der Waals surface area contributed by atoms with Crippen molar-refractivity contribution in [3.8, 4) is 11.3 Å². The van der Waals surface area contributed by atoms with Crippen LogP contribution in [-0.2, 0) is 14.8 Å². The smallest absolute Gasteiger partial charge is 0.267 e.